The van der Waals surface area contributed by atoms with Crippen LogP contribution in [-0.4, -0.2) is 16.5 Å². The second-order valence-electron chi connectivity index (χ2n) is 5.43. The lowest BCUT2D eigenvalue weighted by Gasteiger charge is -2.16. The Bertz CT molecular complexity index is 626. The van der Waals surface area contributed by atoms with Crippen LogP contribution in [0.15, 0.2) is 30.3 Å². The number of anilines is 1. The first-order chi connectivity index (χ1) is 9.47. The number of pyridine rings is 1. The molecule has 1 aromatic carbocycles. The first-order valence-corrected chi connectivity index (χ1v) is 6.76. The molecule has 0 saturated heterocycles. The van der Waals surface area contributed by atoms with Crippen molar-refractivity contribution >= 4 is 22.4 Å². The van der Waals surface area contributed by atoms with Crippen LogP contribution in [0.5, 0.6) is 0 Å². The SMILES string of the molecule is CC(C)C(C)CNc1ccc2cc([N+](=O)[O-])ccc2n1. The van der Waals surface area contributed by atoms with Crippen LogP contribution in [0.1, 0.15) is 20.8 Å². The summed E-state index contributed by atoms with van der Waals surface area (Å²) in [6.45, 7) is 7.45. The zero-order valence-electron chi connectivity index (χ0n) is 12.0. The van der Waals surface area contributed by atoms with Crippen LogP contribution >= 0.6 is 0 Å². The van der Waals surface area contributed by atoms with E-state index < -0.39 is 4.92 Å². The Hall–Kier alpha value is -2.17. The maximum absolute atomic E-state index is 10.7. The van der Waals surface area contributed by atoms with E-state index in [0.29, 0.717) is 11.8 Å². The predicted octanol–water partition coefficient (Wildman–Crippen LogP) is 3.85. The maximum atomic E-state index is 10.7. The van der Waals surface area contributed by atoms with Crippen LogP contribution < -0.4 is 5.32 Å². The molecule has 1 heterocycles. The van der Waals surface area contributed by atoms with Crippen molar-refractivity contribution in [2.75, 3.05) is 11.9 Å². The van der Waals surface area contributed by atoms with Crippen LogP contribution in [0.2, 0.25) is 0 Å². The monoisotopic (exact) mass is 273 g/mol. The average Bonchev–Trinajstić information content (AvgIpc) is 2.43. The Morgan fingerprint density at radius 1 is 1.25 bits per heavy atom. The van der Waals surface area contributed by atoms with Gasteiger partial charge in [-0.1, -0.05) is 20.8 Å². The van der Waals surface area contributed by atoms with E-state index in [1.807, 2.05) is 12.1 Å². The average molecular weight is 273 g/mol. The summed E-state index contributed by atoms with van der Waals surface area (Å²) in [5.74, 6) is 1.98. The third-order valence-electron chi connectivity index (χ3n) is 3.63. The van der Waals surface area contributed by atoms with Gasteiger partial charge in [-0.2, -0.15) is 0 Å². The molecule has 0 saturated carbocycles. The molecular formula is C15H19N3O2. The summed E-state index contributed by atoms with van der Waals surface area (Å²) in [6, 6.07) is 8.43. The lowest BCUT2D eigenvalue weighted by atomic mass is 9.98. The summed E-state index contributed by atoms with van der Waals surface area (Å²) in [5.41, 5.74) is 0.853. The van der Waals surface area contributed by atoms with Crippen molar-refractivity contribution < 1.29 is 4.92 Å². The molecule has 0 spiro atoms. The molecule has 20 heavy (non-hydrogen) atoms. The third kappa shape index (κ3) is 3.23. The molecule has 0 aliphatic heterocycles. The minimum absolute atomic E-state index is 0.0911. The lowest BCUT2D eigenvalue weighted by molar-refractivity contribution is -0.384. The van der Waals surface area contributed by atoms with Crippen LogP contribution in [0.4, 0.5) is 11.5 Å². The minimum atomic E-state index is -0.393. The fourth-order valence-corrected chi connectivity index (χ4v) is 1.83. The molecule has 0 radical (unpaired) electrons. The van der Waals surface area contributed by atoms with Gasteiger partial charge in [-0.3, -0.25) is 10.1 Å². The second kappa shape index (κ2) is 5.86. The standard InChI is InChI=1S/C15H19N3O2/c1-10(2)11(3)9-16-15-7-4-12-8-13(18(19)20)5-6-14(12)17-15/h4-8,10-11H,9H2,1-3H3,(H,16,17). The smallest absolute Gasteiger partial charge is 0.270 e. The number of nitro groups is 1. The molecule has 0 aliphatic carbocycles. The Balaban J connectivity index is 2.17. The molecule has 0 aliphatic rings. The van der Waals surface area contributed by atoms with E-state index in [1.54, 1.807) is 12.1 Å². The number of fused-ring (bicyclic) bond motifs is 1. The molecule has 0 fully saturated rings. The van der Waals surface area contributed by atoms with E-state index in [-0.39, 0.29) is 5.69 Å². The number of nitrogens with one attached hydrogen (secondary N) is 1. The van der Waals surface area contributed by atoms with Gasteiger partial charge < -0.3 is 5.32 Å². The summed E-state index contributed by atoms with van der Waals surface area (Å²) in [4.78, 5) is 14.8. The normalized spacial score (nSPS) is 12.6. The van der Waals surface area contributed by atoms with E-state index >= 15 is 0 Å². The van der Waals surface area contributed by atoms with E-state index in [1.165, 1.54) is 6.07 Å². The van der Waals surface area contributed by atoms with E-state index in [0.717, 1.165) is 23.3 Å². The quantitative estimate of drug-likeness (QED) is 0.663. The fraction of sp³-hybridized carbons (Fsp3) is 0.400. The Kier molecular flexibility index (Phi) is 4.17. The van der Waals surface area contributed by atoms with Crippen LogP contribution in [0.3, 0.4) is 0 Å². The Morgan fingerprint density at radius 3 is 2.65 bits per heavy atom. The highest BCUT2D eigenvalue weighted by Crippen LogP contribution is 2.21. The van der Waals surface area contributed by atoms with Crippen molar-refractivity contribution in [2.24, 2.45) is 11.8 Å². The largest absolute Gasteiger partial charge is 0.370 e. The predicted molar refractivity (Wildman–Crippen MR) is 80.9 cm³/mol. The third-order valence-corrected chi connectivity index (χ3v) is 3.63. The number of nitrogens with zero attached hydrogens (tertiary/aromatic N) is 2. The molecule has 2 rings (SSSR count). The molecule has 2 aromatic rings. The van der Waals surface area contributed by atoms with Crippen LogP contribution in [0, 0.1) is 22.0 Å². The van der Waals surface area contributed by atoms with Gasteiger partial charge in [0.2, 0.25) is 0 Å². The van der Waals surface area contributed by atoms with Gasteiger partial charge in [-0.25, -0.2) is 4.98 Å². The molecular weight excluding hydrogens is 254 g/mol. The van der Waals surface area contributed by atoms with Gasteiger partial charge in [0.05, 0.1) is 10.4 Å². The molecule has 1 N–H and O–H groups in total. The van der Waals surface area contributed by atoms with Gasteiger partial charge in [0.1, 0.15) is 5.82 Å². The number of rotatable bonds is 5. The van der Waals surface area contributed by atoms with Gasteiger partial charge in [-0.15, -0.1) is 0 Å². The zero-order chi connectivity index (χ0) is 14.7. The highest BCUT2D eigenvalue weighted by Gasteiger charge is 2.09. The van der Waals surface area contributed by atoms with Crippen molar-refractivity contribution in [3.8, 4) is 0 Å². The molecule has 0 amide bonds. The first-order valence-electron chi connectivity index (χ1n) is 6.76. The number of non-ortho nitro benzene ring substituents is 1. The molecule has 5 nitrogen and oxygen atoms in total. The topological polar surface area (TPSA) is 68.1 Å². The molecule has 106 valence electrons. The second-order valence-corrected chi connectivity index (χ2v) is 5.43. The van der Waals surface area contributed by atoms with Crippen LogP contribution in [0.25, 0.3) is 10.9 Å². The molecule has 5 heteroatoms. The van der Waals surface area contributed by atoms with E-state index in [9.17, 15) is 10.1 Å². The van der Waals surface area contributed by atoms with Crippen molar-refractivity contribution in [3.63, 3.8) is 0 Å². The van der Waals surface area contributed by atoms with Crippen molar-refractivity contribution in [1.82, 2.24) is 4.98 Å². The highest BCUT2D eigenvalue weighted by atomic mass is 16.6. The van der Waals surface area contributed by atoms with Crippen molar-refractivity contribution in [3.05, 3.63) is 40.4 Å². The van der Waals surface area contributed by atoms with Gasteiger partial charge in [0.15, 0.2) is 0 Å². The maximum Gasteiger partial charge on any atom is 0.270 e. The minimum Gasteiger partial charge on any atom is -0.370 e. The molecule has 0 bridgehead atoms. The van der Waals surface area contributed by atoms with Crippen molar-refractivity contribution in [2.45, 2.75) is 20.8 Å². The van der Waals surface area contributed by atoms with Gasteiger partial charge in [0, 0.05) is 24.1 Å². The number of hydrogen-bond donors (Lipinski definition) is 1. The lowest BCUT2D eigenvalue weighted by Crippen LogP contribution is -2.16. The number of nitro benzene ring substituents is 1. The summed E-state index contributed by atoms with van der Waals surface area (Å²) in [7, 11) is 0. The first kappa shape index (κ1) is 14.2. The van der Waals surface area contributed by atoms with Gasteiger partial charge in [0.25, 0.3) is 5.69 Å². The molecule has 1 atom stereocenters. The number of aromatic nitrogens is 1. The Labute approximate surface area is 118 Å². The van der Waals surface area contributed by atoms with Crippen molar-refractivity contribution in [1.29, 1.82) is 0 Å². The summed E-state index contributed by atoms with van der Waals surface area (Å²) in [6.07, 6.45) is 0. The summed E-state index contributed by atoms with van der Waals surface area (Å²) < 4.78 is 0. The zero-order valence-corrected chi connectivity index (χ0v) is 12.0. The molecule has 1 unspecified atom stereocenters. The van der Waals surface area contributed by atoms with E-state index in [2.05, 4.69) is 31.1 Å². The summed E-state index contributed by atoms with van der Waals surface area (Å²) in [5, 5.41) is 14.8. The Morgan fingerprint density at radius 2 is 2.00 bits per heavy atom. The number of hydrogen-bond acceptors (Lipinski definition) is 4. The van der Waals surface area contributed by atoms with E-state index in [4.69, 9.17) is 0 Å². The number of benzene rings is 1. The van der Waals surface area contributed by atoms with Gasteiger partial charge in [-0.05, 0) is 30.0 Å². The fourth-order valence-electron chi connectivity index (χ4n) is 1.83. The van der Waals surface area contributed by atoms with Crippen LogP contribution in [-0.2, 0) is 0 Å². The highest BCUT2D eigenvalue weighted by molar-refractivity contribution is 5.82. The van der Waals surface area contributed by atoms with Gasteiger partial charge >= 0.3 is 0 Å². The summed E-state index contributed by atoms with van der Waals surface area (Å²) >= 11 is 0. The molecule has 1 aromatic heterocycles.